The maximum atomic E-state index is 5.00. The lowest BCUT2D eigenvalue weighted by molar-refractivity contribution is 1.30. The van der Waals surface area contributed by atoms with Crippen LogP contribution in [0.25, 0.3) is 0 Å². The Morgan fingerprint density at radius 1 is 1.31 bits per heavy atom. The fraction of sp³-hybridized carbons (Fsp3) is 0.100. The maximum Gasteiger partial charge on any atom is 0.110 e. The van der Waals surface area contributed by atoms with Gasteiger partial charge in [0.25, 0.3) is 0 Å². The van der Waals surface area contributed by atoms with Crippen LogP contribution in [0.5, 0.6) is 0 Å². The molecular weight excluding hydrogens is 275 g/mol. The van der Waals surface area contributed by atoms with Crippen molar-refractivity contribution in [1.29, 1.82) is 0 Å². The van der Waals surface area contributed by atoms with Crippen molar-refractivity contribution in [2.45, 2.75) is 0 Å². The molecule has 0 unspecified atom stereocenters. The van der Waals surface area contributed by atoms with E-state index in [2.05, 4.69) is 44.5 Å². The minimum absolute atomic E-state index is 0.327. The normalized spacial score (nSPS) is 8.31. The molecule has 0 saturated heterocycles. The van der Waals surface area contributed by atoms with E-state index in [1.165, 1.54) is 3.57 Å². The molecule has 0 atom stereocenters. The van der Waals surface area contributed by atoms with Crippen LogP contribution in [0.2, 0.25) is 0 Å². The summed E-state index contributed by atoms with van der Waals surface area (Å²) >= 11 is 2.24. The van der Waals surface area contributed by atoms with E-state index in [1.54, 1.807) is 0 Å². The number of hydrogen-bond acceptors (Lipinski definition) is 2. The molecule has 0 fully saturated rings. The summed E-state index contributed by atoms with van der Waals surface area (Å²) in [4.78, 5) is 7.72. The number of halogens is 1. The second-order valence-electron chi connectivity index (χ2n) is 2.21. The molecule has 3 heteroatoms. The highest BCUT2D eigenvalue weighted by atomic mass is 127. The smallest absolute Gasteiger partial charge is 0.110 e. The zero-order valence-electron chi connectivity index (χ0n) is 6.87. The molecule has 0 bridgehead atoms. The molecule has 1 aromatic carbocycles. The molecule has 0 saturated carbocycles. The topological polar surface area (TPSA) is 24.7 Å². The first kappa shape index (κ1) is 9.97. The lowest BCUT2D eigenvalue weighted by Crippen LogP contribution is -1.69. The van der Waals surface area contributed by atoms with E-state index in [-0.39, 0.29) is 0 Å². The first-order valence-electron chi connectivity index (χ1n) is 3.64. The van der Waals surface area contributed by atoms with Gasteiger partial charge in [0.1, 0.15) is 6.54 Å². The van der Waals surface area contributed by atoms with Crippen molar-refractivity contribution in [3.63, 3.8) is 0 Å². The minimum Gasteiger partial charge on any atom is -0.212 e. The molecule has 0 aliphatic heterocycles. The lowest BCUT2D eigenvalue weighted by atomic mass is 10.3. The molecule has 0 aliphatic rings. The monoisotopic (exact) mass is 282 g/mol. The predicted octanol–water partition coefficient (Wildman–Crippen LogP) is 2.73. The predicted molar refractivity (Wildman–Crippen MR) is 62.4 cm³/mol. The van der Waals surface area contributed by atoms with Gasteiger partial charge in [-0.1, -0.05) is 5.92 Å². The third-order valence-electron chi connectivity index (χ3n) is 1.25. The molecule has 13 heavy (non-hydrogen) atoms. The summed E-state index contributed by atoms with van der Waals surface area (Å²) in [6, 6.07) is 10.3. The van der Waals surface area contributed by atoms with Crippen molar-refractivity contribution in [3.05, 3.63) is 27.8 Å². The van der Waals surface area contributed by atoms with Crippen LogP contribution in [0.3, 0.4) is 0 Å². The molecule has 0 aromatic heterocycles. The van der Waals surface area contributed by atoms with Crippen LogP contribution in [0.15, 0.2) is 34.3 Å². The molecular formula is C10H7IN2. The van der Waals surface area contributed by atoms with E-state index in [0.29, 0.717) is 6.54 Å². The van der Waals surface area contributed by atoms with Gasteiger partial charge in [-0.2, -0.15) is 4.99 Å². The molecule has 0 spiro atoms. The van der Waals surface area contributed by atoms with Crippen molar-refractivity contribution >= 4 is 34.3 Å². The van der Waals surface area contributed by atoms with Gasteiger partial charge >= 0.3 is 0 Å². The Labute approximate surface area is 90.9 Å². The third-order valence-corrected chi connectivity index (χ3v) is 1.97. The Bertz CT molecular complexity index is 367. The number of hydrogen-bond donors (Lipinski definition) is 0. The van der Waals surface area contributed by atoms with Crippen LogP contribution in [0, 0.1) is 15.9 Å². The van der Waals surface area contributed by atoms with Crippen LogP contribution in [0.1, 0.15) is 0 Å². The molecule has 1 aromatic rings. The Morgan fingerprint density at radius 3 is 2.62 bits per heavy atom. The first-order valence-corrected chi connectivity index (χ1v) is 4.72. The summed E-state index contributed by atoms with van der Waals surface area (Å²) < 4.78 is 1.18. The van der Waals surface area contributed by atoms with Gasteiger partial charge in [0.15, 0.2) is 0 Å². The number of benzene rings is 1. The summed E-state index contributed by atoms with van der Waals surface area (Å²) in [5.41, 5.74) is 0.834. The third kappa shape index (κ3) is 3.88. The lowest BCUT2D eigenvalue weighted by Gasteiger charge is -1.89. The van der Waals surface area contributed by atoms with E-state index in [1.807, 2.05) is 24.3 Å². The molecule has 0 heterocycles. The maximum absolute atomic E-state index is 5.00. The highest BCUT2D eigenvalue weighted by molar-refractivity contribution is 14.1. The van der Waals surface area contributed by atoms with Gasteiger partial charge in [-0.15, -0.1) is 6.42 Å². The van der Waals surface area contributed by atoms with Crippen LogP contribution in [-0.2, 0) is 0 Å². The molecule has 0 aliphatic carbocycles. The van der Waals surface area contributed by atoms with Crippen LogP contribution in [-0.4, -0.2) is 12.6 Å². The van der Waals surface area contributed by atoms with E-state index >= 15 is 0 Å². The standard InChI is InChI=1S/C10H7IN2/c1-2-7-12-8-13-10-5-3-9(11)4-6-10/h1,3-6H,7H2. The van der Waals surface area contributed by atoms with Crippen molar-refractivity contribution in [3.8, 4) is 12.3 Å². The van der Waals surface area contributed by atoms with Crippen molar-refractivity contribution < 1.29 is 0 Å². The highest BCUT2D eigenvalue weighted by Gasteiger charge is 1.86. The first-order chi connectivity index (χ1) is 6.33. The van der Waals surface area contributed by atoms with Crippen LogP contribution >= 0.6 is 22.6 Å². The summed E-state index contributed by atoms with van der Waals surface area (Å²) in [6.07, 6.45) is 5.00. The second-order valence-corrected chi connectivity index (χ2v) is 3.45. The molecule has 0 amide bonds. The van der Waals surface area contributed by atoms with Gasteiger partial charge in [0, 0.05) is 3.57 Å². The number of rotatable bonds is 2. The summed E-state index contributed by atoms with van der Waals surface area (Å²) in [5.74, 6) is 2.37. The Kier molecular flexibility index (Phi) is 4.24. The van der Waals surface area contributed by atoms with E-state index in [9.17, 15) is 0 Å². The van der Waals surface area contributed by atoms with Gasteiger partial charge in [0.05, 0.1) is 11.7 Å². The van der Waals surface area contributed by atoms with Gasteiger partial charge in [0.2, 0.25) is 0 Å². The van der Waals surface area contributed by atoms with Gasteiger partial charge < -0.3 is 0 Å². The number of nitrogens with zero attached hydrogens (tertiary/aromatic N) is 2. The summed E-state index contributed by atoms with van der Waals surface area (Å²) in [7, 11) is 0. The average molecular weight is 282 g/mol. The van der Waals surface area contributed by atoms with E-state index in [4.69, 9.17) is 6.42 Å². The van der Waals surface area contributed by atoms with Crippen LogP contribution in [0.4, 0.5) is 5.69 Å². The molecule has 64 valence electrons. The fourth-order valence-electron chi connectivity index (χ4n) is 0.690. The van der Waals surface area contributed by atoms with E-state index in [0.717, 1.165) is 5.69 Å². The number of aliphatic imine (C=N–C) groups is 2. The SMILES string of the molecule is C#CCN=C=Nc1ccc(I)cc1. The quantitative estimate of drug-likeness (QED) is 0.452. The molecule has 1 rings (SSSR count). The second kappa shape index (κ2) is 5.52. The number of terminal acetylenes is 1. The largest absolute Gasteiger partial charge is 0.212 e. The summed E-state index contributed by atoms with van der Waals surface area (Å²) in [5, 5.41) is 0. The minimum atomic E-state index is 0.327. The fourth-order valence-corrected chi connectivity index (χ4v) is 1.05. The molecule has 2 nitrogen and oxygen atoms in total. The van der Waals surface area contributed by atoms with Crippen molar-refractivity contribution in [1.82, 2.24) is 0 Å². The Balaban J connectivity index is 2.70. The Hall–Kier alpha value is -1.11. The van der Waals surface area contributed by atoms with E-state index < -0.39 is 0 Å². The van der Waals surface area contributed by atoms with Gasteiger partial charge in [-0.3, -0.25) is 0 Å². The Morgan fingerprint density at radius 2 is 2.00 bits per heavy atom. The zero-order valence-corrected chi connectivity index (χ0v) is 9.02. The van der Waals surface area contributed by atoms with Crippen molar-refractivity contribution in [2.75, 3.05) is 6.54 Å². The van der Waals surface area contributed by atoms with Gasteiger partial charge in [-0.25, -0.2) is 4.99 Å². The zero-order chi connectivity index (χ0) is 9.52. The highest BCUT2D eigenvalue weighted by Crippen LogP contribution is 2.12. The van der Waals surface area contributed by atoms with Crippen LogP contribution < -0.4 is 0 Å². The van der Waals surface area contributed by atoms with Crippen molar-refractivity contribution in [2.24, 2.45) is 9.98 Å². The molecule has 0 radical (unpaired) electrons. The van der Waals surface area contributed by atoms with Gasteiger partial charge in [-0.05, 0) is 46.9 Å². The summed E-state index contributed by atoms with van der Waals surface area (Å²) in [6.45, 7) is 0.327. The average Bonchev–Trinajstić information content (AvgIpc) is 2.15. The molecule has 0 N–H and O–H groups in total.